The van der Waals surface area contributed by atoms with Crippen LogP contribution < -0.4 is 4.74 Å². The number of aromatic carboxylic acids is 1. The van der Waals surface area contributed by atoms with Gasteiger partial charge in [0.1, 0.15) is 12.1 Å². The number of aromatic nitrogens is 2. The fraction of sp³-hybridized carbons (Fsp3) is 0.0667. The van der Waals surface area contributed by atoms with E-state index in [0.29, 0.717) is 23.7 Å². The highest BCUT2D eigenvalue weighted by molar-refractivity contribution is 6.01. The molecule has 0 atom stereocenters. The lowest BCUT2D eigenvalue weighted by atomic mass is 10.2. The molecule has 0 spiro atoms. The molecule has 5 heteroatoms. The number of aromatic amines is 1. The van der Waals surface area contributed by atoms with E-state index in [2.05, 4.69) is 9.97 Å². The fourth-order valence-corrected chi connectivity index (χ4v) is 1.98. The Labute approximate surface area is 114 Å². The van der Waals surface area contributed by atoms with Crippen molar-refractivity contribution in [2.24, 2.45) is 0 Å². The zero-order chi connectivity index (χ0) is 13.9. The summed E-state index contributed by atoms with van der Waals surface area (Å²) in [6.07, 6.45) is 0. The Hall–Kier alpha value is -2.82. The normalized spacial score (nSPS) is 10.6. The van der Waals surface area contributed by atoms with Crippen molar-refractivity contribution in [3.8, 4) is 6.01 Å². The molecule has 0 saturated heterocycles. The second kappa shape index (κ2) is 5.05. The Morgan fingerprint density at radius 1 is 1.15 bits per heavy atom. The average molecular weight is 268 g/mol. The fourth-order valence-electron chi connectivity index (χ4n) is 1.98. The molecule has 0 fully saturated rings. The van der Waals surface area contributed by atoms with Gasteiger partial charge in [0.2, 0.25) is 0 Å². The van der Waals surface area contributed by atoms with Gasteiger partial charge in [-0.05, 0) is 17.7 Å². The molecule has 2 aromatic carbocycles. The van der Waals surface area contributed by atoms with Gasteiger partial charge < -0.3 is 14.8 Å². The molecule has 100 valence electrons. The van der Waals surface area contributed by atoms with Crippen LogP contribution in [0.1, 0.15) is 15.9 Å². The van der Waals surface area contributed by atoms with E-state index in [1.165, 1.54) is 6.07 Å². The van der Waals surface area contributed by atoms with Crippen LogP contribution in [0.2, 0.25) is 0 Å². The summed E-state index contributed by atoms with van der Waals surface area (Å²) in [5, 5.41) is 9.11. The predicted octanol–water partition coefficient (Wildman–Crippen LogP) is 2.84. The number of ether oxygens (including phenoxy) is 1. The lowest BCUT2D eigenvalue weighted by molar-refractivity contribution is 0.0699. The lowest BCUT2D eigenvalue weighted by Gasteiger charge is -2.01. The van der Waals surface area contributed by atoms with Crippen LogP contribution in [0, 0.1) is 0 Å². The van der Waals surface area contributed by atoms with Gasteiger partial charge in [-0.25, -0.2) is 4.79 Å². The van der Waals surface area contributed by atoms with Crippen molar-refractivity contribution in [3.05, 3.63) is 59.7 Å². The maximum atomic E-state index is 11.1. The molecular formula is C15H12N2O3. The quantitative estimate of drug-likeness (QED) is 0.763. The summed E-state index contributed by atoms with van der Waals surface area (Å²) in [5.74, 6) is -1.00. The minimum Gasteiger partial charge on any atom is -0.478 e. The van der Waals surface area contributed by atoms with Crippen LogP contribution in [0.15, 0.2) is 48.5 Å². The van der Waals surface area contributed by atoms with Crippen molar-refractivity contribution in [1.82, 2.24) is 9.97 Å². The largest absolute Gasteiger partial charge is 0.478 e. The maximum Gasteiger partial charge on any atom is 0.337 e. The molecule has 0 aliphatic heterocycles. The Kier molecular flexibility index (Phi) is 3.09. The maximum absolute atomic E-state index is 11.1. The van der Waals surface area contributed by atoms with Gasteiger partial charge in [-0.3, -0.25) is 0 Å². The number of hydrogen-bond acceptors (Lipinski definition) is 3. The summed E-state index contributed by atoms with van der Waals surface area (Å²) in [4.78, 5) is 18.3. The number of carboxylic acid groups (broad SMARTS) is 1. The van der Waals surface area contributed by atoms with Crippen molar-refractivity contribution in [2.75, 3.05) is 0 Å². The highest BCUT2D eigenvalue weighted by Gasteiger charge is 2.12. The van der Waals surface area contributed by atoms with Crippen molar-refractivity contribution in [3.63, 3.8) is 0 Å². The first kappa shape index (κ1) is 12.2. The van der Waals surface area contributed by atoms with Crippen LogP contribution in [0.4, 0.5) is 0 Å². The van der Waals surface area contributed by atoms with Crippen LogP contribution in [0.3, 0.4) is 0 Å². The standard InChI is InChI=1S/C15H12N2O3/c18-14(19)11-7-4-8-12-13(11)17-15(16-12)20-9-10-5-2-1-3-6-10/h1-8H,9H2,(H,16,17)(H,18,19). The van der Waals surface area contributed by atoms with E-state index in [-0.39, 0.29) is 5.56 Å². The monoisotopic (exact) mass is 268 g/mol. The molecule has 2 N–H and O–H groups in total. The van der Waals surface area contributed by atoms with Crippen molar-refractivity contribution in [2.45, 2.75) is 6.61 Å². The minimum absolute atomic E-state index is 0.160. The third-order valence-electron chi connectivity index (χ3n) is 2.94. The number of rotatable bonds is 4. The van der Waals surface area contributed by atoms with Crippen LogP contribution >= 0.6 is 0 Å². The molecule has 20 heavy (non-hydrogen) atoms. The van der Waals surface area contributed by atoms with Crippen LogP contribution in [0.25, 0.3) is 11.0 Å². The van der Waals surface area contributed by atoms with E-state index in [1.54, 1.807) is 12.1 Å². The van der Waals surface area contributed by atoms with Gasteiger partial charge >= 0.3 is 5.97 Å². The SMILES string of the molecule is O=C(O)c1cccc2[nH]c(OCc3ccccc3)nc12. The first-order valence-corrected chi connectivity index (χ1v) is 6.13. The van der Waals surface area contributed by atoms with Crippen molar-refractivity contribution >= 4 is 17.0 Å². The lowest BCUT2D eigenvalue weighted by Crippen LogP contribution is -1.97. The molecule has 0 unspecified atom stereocenters. The van der Waals surface area contributed by atoms with Gasteiger partial charge in [-0.15, -0.1) is 0 Å². The van der Waals surface area contributed by atoms with Gasteiger partial charge in [0, 0.05) is 0 Å². The van der Waals surface area contributed by atoms with Crippen LogP contribution in [-0.2, 0) is 6.61 Å². The van der Waals surface area contributed by atoms with E-state index in [1.807, 2.05) is 30.3 Å². The summed E-state index contributed by atoms with van der Waals surface area (Å²) >= 11 is 0. The van der Waals surface area contributed by atoms with E-state index >= 15 is 0 Å². The van der Waals surface area contributed by atoms with Gasteiger partial charge in [-0.2, -0.15) is 4.98 Å². The summed E-state index contributed by atoms with van der Waals surface area (Å²) in [7, 11) is 0. The number of para-hydroxylation sites is 1. The minimum atomic E-state index is -1.00. The zero-order valence-electron chi connectivity index (χ0n) is 10.5. The molecule has 0 aliphatic carbocycles. The van der Waals surface area contributed by atoms with E-state index < -0.39 is 5.97 Å². The van der Waals surface area contributed by atoms with E-state index in [4.69, 9.17) is 9.84 Å². The summed E-state index contributed by atoms with van der Waals surface area (Å²) in [6, 6.07) is 15.0. The number of hydrogen-bond donors (Lipinski definition) is 2. The van der Waals surface area contributed by atoms with Gasteiger partial charge in [0.05, 0.1) is 11.1 Å². The number of nitrogens with one attached hydrogen (secondary N) is 1. The molecule has 1 heterocycles. The number of benzene rings is 2. The van der Waals surface area contributed by atoms with Crippen LogP contribution in [0.5, 0.6) is 6.01 Å². The van der Waals surface area contributed by atoms with E-state index in [0.717, 1.165) is 5.56 Å². The first-order valence-electron chi connectivity index (χ1n) is 6.13. The molecule has 3 rings (SSSR count). The number of carboxylic acids is 1. The summed E-state index contributed by atoms with van der Waals surface area (Å²) in [5.41, 5.74) is 2.23. The Bertz CT molecular complexity index is 750. The number of carbonyl (C=O) groups is 1. The highest BCUT2D eigenvalue weighted by atomic mass is 16.5. The topological polar surface area (TPSA) is 75.2 Å². The second-order valence-corrected chi connectivity index (χ2v) is 4.32. The van der Waals surface area contributed by atoms with Gasteiger partial charge in [-0.1, -0.05) is 36.4 Å². The number of imidazole rings is 1. The van der Waals surface area contributed by atoms with Crippen molar-refractivity contribution in [1.29, 1.82) is 0 Å². The molecule has 3 aromatic rings. The molecule has 0 bridgehead atoms. The van der Waals surface area contributed by atoms with Crippen molar-refractivity contribution < 1.29 is 14.6 Å². The van der Waals surface area contributed by atoms with Crippen LogP contribution in [-0.4, -0.2) is 21.0 Å². The summed E-state index contributed by atoms with van der Waals surface area (Å²) < 4.78 is 5.55. The Balaban J connectivity index is 1.86. The number of fused-ring (bicyclic) bond motifs is 1. The van der Waals surface area contributed by atoms with E-state index in [9.17, 15) is 4.79 Å². The van der Waals surface area contributed by atoms with Gasteiger partial charge in [0.25, 0.3) is 6.01 Å². The smallest absolute Gasteiger partial charge is 0.337 e. The summed E-state index contributed by atoms with van der Waals surface area (Å²) in [6.45, 7) is 0.378. The molecule has 0 saturated carbocycles. The molecule has 0 radical (unpaired) electrons. The number of nitrogens with zero attached hydrogens (tertiary/aromatic N) is 1. The Morgan fingerprint density at radius 2 is 1.95 bits per heavy atom. The number of H-pyrrole nitrogens is 1. The first-order chi connectivity index (χ1) is 9.74. The molecule has 1 aromatic heterocycles. The molecule has 5 nitrogen and oxygen atoms in total. The molecular weight excluding hydrogens is 256 g/mol. The zero-order valence-corrected chi connectivity index (χ0v) is 10.5. The average Bonchev–Trinajstić information content (AvgIpc) is 2.88. The van der Waals surface area contributed by atoms with Gasteiger partial charge in [0.15, 0.2) is 0 Å². The Morgan fingerprint density at radius 3 is 2.70 bits per heavy atom. The molecule has 0 aliphatic rings. The third-order valence-corrected chi connectivity index (χ3v) is 2.94. The third kappa shape index (κ3) is 2.33. The second-order valence-electron chi connectivity index (χ2n) is 4.32. The highest BCUT2D eigenvalue weighted by Crippen LogP contribution is 2.20. The predicted molar refractivity (Wildman–Crippen MR) is 73.8 cm³/mol. The molecule has 0 amide bonds.